The normalized spacial score (nSPS) is 10.7. The van der Waals surface area contributed by atoms with Gasteiger partial charge in [0.15, 0.2) is 0 Å². The van der Waals surface area contributed by atoms with E-state index in [1.54, 1.807) is 0 Å². The van der Waals surface area contributed by atoms with Crippen LogP contribution in [0.1, 0.15) is 77.6 Å². The van der Waals surface area contributed by atoms with Gasteiger partial charge in [0.05, 0.1) is 0 Å². The lowest BCUT2D eigenvalue weighted by molar-refractivity contribution is -0.130. The van der Waals surface area contributed by atoms with Crippen molar-refractivity contribution in [3.8, 4) is 0 Å². The molecular formula is C16H32INO. The lowest BCUT2D eigenvalue weighted by Gasteiger charge is -2.16. The zero-order valence-corrected chi connectivity index (χ0v) is 15.1. The zero-order chi connectivity index (χ0) is 14.3. The Kier molecular flexibility index (Phi) is 14.8. The summed E-state index contributed by atoms with van der Waals surface area (Å²) in [7, 11) is 1.94. The van der Waals surface area contributed by atoms with Crippen molar-refractivity contribution >= 4 is 28.5 Å². The van der Waals surface area contributed by atoms with Crippen molar-refractivity contribution in [1.29, 1.82) is 0 Å². The number of rotatable bonds is 13. The molecule has 0 N–H and O–H groups in total. The van der Waals surface area contributed by atoms with Gasteiger partial charge in [-0.1, -0.05) is 74.5 Å². The lowest BCUT2D eigenvalue weighted by atomic mass is 10.1. The molecule has 0 aromatic rings. The van der Waals surface area contributed by atoms with Crippen molar-refractivity contribution in [2.24, 2.45) is 0 Å². The molecule has 0 rings (SSSR count). The highest BCUT2D eigenvalue weighted by molar-refractivity contribution is 14.1. The van der Waals surface area contributed by atoms with Crippen LogP contribution in [0.15, 0.2) is 0 Å². The summed E-state index contributed by atoms with van der Waals surface area (Å²) in [6.07, 6.45) is 13.5. The second-order valence-corrected chi connectivity index (χ2v) is 6.52. The first-order chi connectivity index (χ1) is 9.22. The molecule has 2 nitrogen and oxygen atoms in total. The molecule has 0 heterocycles. The van der Waals surface area contributed by atoms with E-state index < -0.39 is 0 Å². The Bertz CT molecular complexity index is 209. The van der Waals surface area contributed by atoms with Gasteiger partial charge in [-0.05, 0) is 23.7 Å². The SMILES string of the molecule is CCCCN(C)C(=O)CCCCCCCCCCI. The molecule has 0 saturated carbocycles. The first-order valence-electron chi connectivity index (χ1n) is 8.02. The average molecular weight is 381 g/mol. The molecular weight excluding hydrogens is 349 g/mol. The van der Waals surface area contributed by atoms with Crippen LogP contribution in [0.2, 0.25) is 0 Å². The molecule has 0 saturated heterocycles. The molecule has 1 amide bonds. The summed E-state index contributed by atoms with van der Waals surface area (Å²) < 4.78 is 1.30. The van der Waals surface area contributed by atoms with E-state index in [0.29, 0.717) is 5.91 Å². The van der Waals surface area contributed by atoms with Gasteiger partial charge in [0.1, 0.15) is 0 Å². The molecule has 0 atom stereocenters. The number of halogens is 1. The molecule has 114 valence electrons. The molecule has 0 unspecified atom stereocenters. The summed E-state index contributed by atoms with van der Waals surface area (Å²) in [6.45, 7) is 3.09. The van der Waals surface area contributed by atoms with E-state index in [2.05, 4.69) is 29.5 Å². The molecule has 0 aliphatic rings. The van der Waals surface area contributed by atoms with Crippen LogP contribution in [-0.2, 0) is 4.79 Å². The third-order valence-electron chi connectivity index (χ3n) is 3.55. The molecule has 0 bridgehead atoms. The average Bonchev–Trinajstić information content (AvgIpc) is 2.42. The summed E-state index contributed by atoms with van der Waals surface area (Å²) in [5, 5.41) is 0. The second-order valence-electron chi connectivity index (χ2n) is 5.44. The molecule has 3 heteroatoms. The number of alkyl halides is 1. The van der Waals surface area contributed by atoms with Gasteiger partial charge in [0, 0.05) is 20.0 Å². The van der Waals surface area contributed by atoms with Crippen LogP contribution in [0, 0.1) is 0 Å². The predicted molar refractivity (Wildman–Crippen MR) is 93.0 cm³/mol. The fourth-order valence-corrected chi connectivity index (χ4v) is 2.68. The number of hydrogen-bond donors (Lipinski definition) is 0. The van der Waals surface area contributed by atoms with E-state index in [9.17, 15) is 4.79 Å². The van der Waals surface area contributed by atoms with Gasteiger partial charge in [-0.2, -0.15) is 0 Å². The van der Waals surface area contributed by atoms with Crippen molar-refractivity contribution in [3.63, 3.8) is 0 Å². The Morgan fingerprint density at radius 1 is 0.895 bits per heavy atom. The summed E-state index contributed by atoms with van der Waals surface area (Å²) in [6, 6.07) is 0. The van der Waals surface area contributed by atoms with Crippen LogP contribution in [0.3, 0.4) is 0 Å². The molecule has 0 aromatic carbocycles. The van der Waals surface area contributed by atoms with Crippen LogP contribution in [-0.4, -0.2) is 28.8 Å². The van der Waals surface area contributed by atoms with Crippen LogP contribution in [0.4, 0.5) is 0 Å². The fraction of sp³-hybridized carbons (Fsp3) is 0.938. The van der Waals surface area contributed by atoms with Gasteiger partial charge in [-0.25, -0.2) is 0 Å². The van der Waals surface area contributed by atoms with E-state index in [0.717, 1.165) is 32.2 Å². The largest absolute Gasteiger partial charge is 0.346 e. The van der Waals surface area contributed by atoms with Gasteiger partial charge in [0.2, 0.25) is 5.91 Å². The Hall–Kier alpha value is 0.200. The monoisotopic (exact) mass is 381 g/mol. The van der Waals surface area contributed by atoms with Crippen LogP contribution in [0.5, 0.6) is 0 Å². The van der Waals surface area contributed by atoms with Gasteiger partial charge in [-0.15, -0.1) is 0 Å². The van der Waals surface area contributed by atoms with Crippen LogP contribution >= 0.6 is 22.6 Å². The molecule has 0 aliphatic heterocycles. The van der Waals surface area contributed by atoms with Gasteiger partial charge in [-0.3, -0.25) is 4.79 Å². The molecule has 0 aliphatic carbocycles. The maximum absolute atomic E-state index is 11.8. The number of carbonyl (C=O) groups excluding carboxylic acids is 1. The Labute approximate surface area is 133 Å². The maximum atomic E-state index is 11.8. The Balaban J connectivity index is 3.27. The van der Waals surface area contributed by atoms with Crippen molar-refractivity contribution < 1.29 is 4.79 Å². The van der Waals surface area contributed by atoms with Crippen LogP contribution in [0.25, 0.3) is 0 Å². The van der Waals surface area contributed by atoms with Gasteiger partial charge < -0.3 is 4.90 Å². The number of nitrogens with zero attached hydrogens (tertiary/aromatic N) is 1. The highest BCUT2D eigenvalue weighted by atomic mass is 127. The zero-order valence-electron chi connectivity index (χ0n) is 12.9. The van der Waals surface area contributed by atoms with Crippen molar-refractivity contribution in [1.82, 2.24) is 4.90 Å². The van der Waals surface area contributed by atoms with Crippen molar-refractivity contribution in [3.05, 3.63) is 0 Å². The van der Waals surface area contributed by atoms with Gasteiger partial charge in [0.25, 0.3) is 0 Å². The number of carbonyl (C=O) groups is 1. The minimum Gasteiger partial charge on any atom is -0.346 e. The van der Waals surface area contributed by atoms with Crippen molar-refractivity contribution in [2.45, 2.75) is 77.6 Å². The van der Waals surface area contributed by atoms with E-state index in [1.165, 1.54) is 49.4 Å². The Morgan fingerprint density at radius 3 is 1.95 bits per heavy atom. The van der Waals surface area contributed by atoms with Crippen molar-refractivity contribution in [2.75, 3.05) is 18.0 Å². The Morgan fingerprint density at radius 2 is 1.42 bits per heavy atom. The summed E-state index contributed by atoms with van der Waals surface area (Å²) in [5.41, 5.74) is 0. The first kappa shape index (κ1) is 19.2. The van der Waals surface area contributed by atoms with E-state index in [4.69, 9.17) is 0 Å². The summed E-state index contributed by atoms with van der Waals surface area (Å²) in [4.78, 5) is 13.7. The summed E-state index contributed by atoms with van der Waals surface area (Å²) >= 11 is 2.45. The van der Waals surface area contributed by atoms with E-state index in [-0.39, 0.29) is 0 Å². The quantitative estimate of drug-likeness (QED) is 0.244. The van der Waals surface area contributed by atoms with E-state index >= 15 is 0 Å². The van der Waals surface area contributed by atoms with Crippen LogP contribution < -0.4 is 0 Å². The molecule has 0 aromatic heterocycles. The highest BCUT2D eigenvalue weighted by Gasteiger charge is 2.06. The maximum Gasteiger partial charge on any atom is 0.222 e. The number of hydrogen-bond acceptors (Lipinski definition) is 1. The fourth-order valence-electron chi connectivity index (χ4n) is 2.14. The second kappa shape index (κ2) is 14.6. The predicted octanol–water partition coefficient (Wildman–Crippen LogP) is 5.19. The minimum absolute atomic E-state index is 0.329. The lowest BCUT2D eigenvalue weighted by Crippen LogP contribution is -2.27. The first-order valence-corrected chi connectivity index (χ1v) is 9.54. The number of unbranched alkanes of at least 4 members (excludes halogenated alkanes) is 8. The molecule has 0 radical (unpaired) electrons. The molecule has 19 heavy (non-hydrogen) atoms. The highest BCUT2D eigenvalue weighted by Crippen LogP contribution is 2.11. The molecule has 0 fully saturated rings. The summed E-state index contributed by atoms with van der Waals surface area (Å²) in [5.74, 6) is 0.329. The van der Waals surface area contributed by atoms with Gasteiger partial charge >= 0.3 is 0 Å². The smallest absolute Gasteiger partial charge is 0.222 e. The standard InChI is InChI=1S/C16H32INO/c1-3-4-15-18(2)16(19)13-11-9-7-5-6-8-10-12-14-17/h3-15H2,1-2H3. The topological polar surface area (TPSA) is 20.3 Å². The third-order valence-corrected chi connectivity index (χ3v) is 4.31. The molecule has 0 spiro atoms. The minimum atomic E-state index is 0.329. The van der Waals surface area contributed by atoms with E-state index in [1.807, 2.05) is 11.9 Å². The third kappa shape index (κ3) is 13.0. The number of amides is 1.